The largest absolute Gasteiger partial charge is 0.370 e. The van der Waals surface area contributed by atoms with Gasteiger partial charge in [0, 0.05) is 44.0 Å². The van der Waals surface area contributed by atoms with E-state index < -0.39 is 15.4 Å². The van der Waals surface area contributed by atoms with E-state index in [1.54, 1.807) is 46.9 Å². The predicted octanol–water partition coefficient (Wildman–Crippen LogP) is 4.76. The van der Waals surface area contributed by atoms with Crippen LogP contribution in [0.2, 0.25) is 0 Å². The summed E-state index contributed by atoms with van der Waals surface area (Å²) >= 11 is 1.26. The molecule has 4 aromatic rings. The Kier molecular flexibility index (Phi) is 6.79. The van der Waals surface area contributed by atoms with Crippen molar-refractivity contribution in [3.8, 4) is 5.69 Å². The summed E-state index contributed by atoms with van der Waals surface area (Å²) in [5.41, 5.74) is 2.87. The summed E-state index contributed by atoms with van der Waals surface area (Å²) in [7, 11) is -3.94. The number of Topliss-reactive ketones (excluding diaryl/α,β-unsaturated/α-hetero) is 1. The number of nitrogens with zero attached hydrogens (tertiary/aromatic N) is 6. The normalized spacial score (nSPS) is 21.0. The summed E-state index contributed by atoms with van der Waals surface area (Å²) in [5.74, 6) is -0.527. The summed E-state index contributed by atoms with van der Waals surface area (Å²) < 4.78 is 44.9. The first kappa shape index (κ1) is 27.1. The van der Waals surface area contributed by atoms with Gasteiger partial charge < -0.3 is 4.90 Å². The third-order valence-corrected chi connectivity index (χ3v) is 11.2. The fraction of sp³-hybridized carbons (Fsp3) is 0.333. The van der Waals surface area contributed by atoms with E-state index in [-0.39, 0.29) is 36.0 Å². The average molecular weight is 605 g/mol. The molecule has 0 radical (unpaired) electrons. The van der Waals surface area contributed by atoms with Gasteiger partial charge in [0.1, 0.15) is 10.7 Å². The summed E-state index contributed by atoms with van der Waals surface area (Å²) in [6, 6.07) is 7.79. The van der Waals surface area contributed by atoms with Crippen LogP contribution in [0.5, 0.6) is 0 Å². The molecule has 1 atom stereocenters. The molecular formula is C30H29FN6O3S2. The van der Waals surface area contributed by atoms with E-state index in [0.717, 1.165) is 48.4 Å². The van der Waals surface area contributed by atoms with Crippen molar-refractivity contribution in [2.45, 2.75) is 37.0 Å². The van der Waals surface area contributed by atoms with Gasteiger partial charge in [-0.2, -0.15) is 9.40 Å². The molecule has 1 aliphatic carbocycles. The van der Waals surface area contributed by atoms with Crippen molar-refractivity contribution in [2.24, 2.45) is 5.41 Å². The second kappa shape index (κ2) is 10.5. The van der Waals surface area contributed by atoms with E-state index in [0.29, 0.717) is 17.1 Å². The number of hydrogen-bond donors (Lipinski definition) is 0. The molecule has 0 saturated carbocycles. The Morgan fingerprint density at radius 3 is 2.57 bits per heavy atom. The minimum absolute atomic E-state index is 0.00527. The van der Waals surface area contributed by atoms with Crippen LogP contribution in [-0.2, 0) is 16.4 Å². The van der Waals surface area contributed by atoms with Crippen LogP contribution in [-0.4, -0.2) is 64.4 Å². The van der Waals surface area contributed by atoms with Gasteiger partial charge in [-0.25, -0.2) is 22.5 Å². The van der Waals surface area contributed by atoms with Gasteiger partial charge in [-0.3, -0.25) is 9.78 Å². The van der Waals surface area contributed by atoms with Crippen molar-refractivity contribution in [3.63, 3.8) is 0 Å². The number of benzene rings is 1. The van der Waals surface area contributed by atoms with Crippen LogP contribution in [0.1, 0.15) is 46.7 Å². The maximum absolute atomic E-state index is 14.2. The lowest BCUT2D eigenvalue weighted by Gasteiger charge is -2.44. The number of halogens is 1. The molecule has 42 heavy (non-hydrogen) atoms. The first-order valence-corrected chi connectivity index (χ1v) is 16.4. The number of sulfonamides is 1. The smallest absolute Gasteiger partial charge is 0.244 e. The molecule has 7 rings (SSSR count). The maximum atomic E-state index is 14.2. The quantitative estimate of drug-likeness (QED) is 0.293. The molecule has 2 fully saturated rings. The molecule has 0 N–H and O–H groups in total. The number of hydrogen-bond acceptors (Lipinski definition) is 8. The fourth-order valence-electron chi connectivity index (χ4n) is 6.37. The highest BCUT2D eigenvalue weighted by Crippen LogP contribution is 2.47. The van der Waals surface area contributed by atoms with Crippen LogP contribution in [0.15, 0.2) is 71.0 Å². The third-order valence-electron chi connectivity index (χ3n) is 8.57. The number of pyridine rings is 1. The van der Waals surface area contributed by atoms with Crippen LogP contribution in [0.4, 0.5) is 10.1 Å². The first-order valence-electron chi connectivity index (χ1n) is 14.0. The molecule has 5 heterocycles. The molecule has 216 valence electrons. The fourth-order valence-corrected chi connectivity index (χ4v) is 8.53. The Labute approximate surface area is 247 Å². The first-order chi connectivity index (χ1) is 20.3. The average Bonchev–Trinajstić information content (AvgIpc) is 3.71. The number of fused-ring (bicyclic) bond motifs is 2. The Bertz CT molecular complexity index is 1780. The Morgan fingerprint density at radius 1 is 1.00 bits per heavy atom. The second-order valence-corrected chi connectivity index (χ2v) is 13.9. The number of carbonyl (C=O) groups excluding carboxylic acids is 1. The summed E-state index contributed by atoms with van der Waals surface area (Å²) in [6.45, 7) is 1.98. The molecule has 12 heteroatoms. The number of ketones is 1. The Balaban J connectivity index is 1.26. The molecule has 0 amide bonds. The van der Waals surface area contributed by atoms with E-state index in [1.165, 1.54) is 40.4 Å². The molecule has 1 aromatic carbocycles. The monoisotopic (exact) mass is 604 g/mol. The zero-order valence-electron chi connectivity index (χ0n) is 22.8. The second-order valence-electron chi connectivity index (χ2n) is 11.1. The van der Waals surface area contributed by atoms with Crippen molar-refractivity contribution >= 4 is 38.9 Å². The van der Waals surface area contributed by atoms with E-state index in [9.17, 15) is 17.6 Å². The maximum Gasteiger partial charge on any atom is 0.244 e. The molecule has 1 unspecified atom stereocenters. The van der Waals surface area contributed by atoms with Crippen molar-refractivity contribution < 1.29 is 17.6 Å². The standard InChI is InChI=1S/C30H29FN6O3S2/c31-23-4-6-24(7-5-23)37-27-14-22-8-12-36(20-30(22,16-21(27)17-34-37)28(38)29-33-9-13-41-29)42(39,40)26-15-25(18-32-19-26)35-10-2-1-3-11-35/h4-7,9,13-15,17-19H,1-3,8,10-12,16,20H2. The van der Waals surface area contributed by atoms with Gasteiger partial charge in [-0.1, -0.05) is 5.57 Å². The van der Waals surface area contributed by atoms with Crippen molar-refractivity contribution in [1.82, 2.24) is 24.1 Å². The van der Waals surface area contributed by atoms with Crippen LogP contribution < -0.4 is 4.90 Å². The van der Waals surface area contributed by atoms with Gasteiger partial charge >= 0.3 is 0 Å². The predicted molar refractivity (Wildman–Crippen MR) is 158 cm³/mol. The third kappa shape index (κ3) is 4.58. The lowest BCUT2D eigenvalue weighted by molar-refractivity contribution is 0.0775. The Hall–Kier alpha value is -3.74. The van der Waals surface area contributed by atoms with Gasteiger partial charge in [-0.15, -0.1) is 11.3 Å². The number of carbonyl (C=O) groups is 1. The van der Waals surface area contributed by atoms with Gasteiger partial charge in [0.25, 0.3) is 0 Å². The number of aromatic nitrogens is 4. The molecule has 3 aliphatic rings. The Morgan fingerprint density at radius 2 is 1.81 bits per heavy atom. The van der Waals surface area contributed by atoms with E-state index in [1.807, 2.05) is 6.08 Å². The molecule has 2 aliphatic heterocycles. The highest BCUT2D eigenvalue weighted by atomic mass is 32.2. The van der Waals surface area contributed by atoms with Crippen molar-refractivity contribution in [1.29, 1.82) is 0 Å². The van der Waals surface area contributed by atoms with Crippen LogP contribution in [0.25, 0.3) is 11.8 Å². The molecule has 0 spiro atoms. The molecule has 2 saturated heterocycles. The zero-order chi connectivity index (χ0) is 28.9. The van der Waals surface area contributed by atoms with E-state index in [4.69, 9.17) is 0 Å². The number of thiazole rings is 1. The number of rotatable bonds is 6. The van der Waals surface area contributed by atoms with E-state index in [2.05, 4.69) is 20.0 Å². The molecule has 3 aromatic heterocycles. The van der Waals surface area contributed by atoms with Crippen LogP contribution in [0, 0.1) is 11.2 Å². The van der Waals surface area contributed by atoms with Crippen LogP contribution in [0.3, 0.4) is 0 Å². The van der Waals surface area contributed by atoms with Crippen LogP contribution >= 0.6 is 11.3 Å². The molecule has 0 bridgehead atoms. The van der Waals surface area contributed by atoms with E-state index >= 15 is 0 Å². The number of piperidine rings is 2. The summed E-state index contributed by atoms with van der Waals surface area (Å²) in [5, 5.41) is 6.66. The number of anilines is 1. The van der Waals surface area contributed by atoms with Gasteiger partial charge in [0.15, 0.2) is 5.01 Å². The van der Waals surface area contributed by atoms with Gasteiger partial charge in [0.2, 0.25) is 15.8 Å². The minimum Gasteiger partial charge on any atom is -0.370 e. The molecule has 9 nitrogen and oxygen atoms in total. The highest BCUT2D eigenvalue weighted by Gasteiger charge is 2.51. The topological polar surface area (TPSA) is 101 Å². The van der Waals surface area contributed by atoms with Gasteiger partial charge in [0.05, 0.1) is 34.9 Å². The van der Waals surface area contributed by atoms with Crippen molar-refractivity contribution in [3.05, 3.63) is 88.2 Å². The lowest BCUT2D eigenvalue weighted by Crippen LogP contribution is -2.53. The highest BCUT2D eigenvalue weighted by molar-refractivity contribution is 7.89. The summed E-state index contributed by atoms with van der Waals surface area (Å²) in [6.07, 6.45) is 12.4. The molecular weight excluding hydrogens is 576 g/mol. The summed E-state index contributed by atoms with van der Waals surface area (Å²) in [4.78, 5) is 25.1. The van der Waals surface area contributed by atoms with Gasteiger partial charge in [-0.05, 0) is 74.1 Å². The minimum atomic E-state index is -3.94. The van der Waals surface area contributed by atoms with Crippen molar-refractivity contribution in [2.75, 3.05) is 31.1 Å². The lowest BCUT2D eigenvalue weighted by atomic mass is 9.66. The zero-order valence-corrected chi connectivity index (χ0v) is 24.5. The SMILES string of the molecule is O=C(c1nccs1)C12Cc3cnn(-c4ccc(F)cc4)c3C=C1CCN(S(=O)(=O)c1cncc(N3CCCCC3)c1)C2.